The second-order valence-electron chi connectivity index (χ2n) is 9.36. The predicted molar refractivity (Wildman–Crippen MR) is 150 cm³/mol. The van der Waals surface area contributed by atoms with Crippen LogP contribution in [0.15, 0.2) is 54.6 Å². The van der Waals surface area contributed by atoms with Crippen molar-refractivity contribution in [1.29, 1.82) is 0 Å². The van der Waals surface area contributed by atoms with E-state index in [-0.39, 0.29) is 19.2 Å². The van der Waals surface area contributed by atoms with Gasteiger partial charge >= 0.3 is 6.09 Å². The highest BCUT2D eigenvalue weighted by atomic mass is 16.6. The summed E-state index contributed by atoms with van der Waals surface area (Å²) in [7, 11) is 6.28. The molecule has 3 aromatic rings. The molecule has 1 N–H and O–H groups in total. The lowest BCUT2D eigenvalue weighted by Crippen LogP contribution is -2.42. The van der Waals surface area contributed by atoms with Crippen molar-refractivity contribution in [1.82, 2.24) is 4.90 Å². The molecule has 2 atom stereocenters. The van der Waals surface area contributed by atoms with Crippen molar-refractivity contribution < 1.29 is 38.3 Å². The van der Waals surface area contributed by atoms with E-state index in [9.17, 15) is 9.90 Å². The number of amides is 1. The molecule has 1 heterocycles. The molecule has 0 aliphatic carbocycles. The average molecular weight is 552 g/mol. The quantitative estimate of drug-likeness (QED) is 0.335. The van der Waals surface area contributed by atoms with Crippen molar-refractivity contribution in [2.45, 2.75) is 38.5 Å². The fraction of sp³-hybridized carbons (Fsp3) is 0.387. The standard InChI is InChI=1S/C31H37NO8/c1-6-39-31(34)32-18-25(33)23-17-26(35-2)27(40-19-20-10-8-7-9-11-20)16-22(23)24(32)13-12-21-14-28(36-3)30(38-5)29(15-21)37-4/h7-11,14-17,24-25,33H,6,12-13,18-19H2,1-5H3/t24-,25+/m0/s1. The molecule has 0 spiro atoms. The molecule has 1 amide bonds. The minimum Gasteiger partial charge on any atom is -0.493 e. The maximum Gasteiger partial charge on any atom is 0.410 e. The van der Waals surface area contributed by atoms with Gasteiger partial charge < -0.3 is 33.5 Å². The number of ether oxygens (including phenoxy) is 6. The SMILES string of the molecule is CCOC(=O)N1C[C@@H](O)c2cc(OC)c(OCc3ccccc3)cc2[C@@H]1CCc1cc(OC)c(OC)c(OC)c1. The van der Waals surface area contributed by atoms with E-state index in [0.29, 0.717) is 53.8 Å². The Labute approximate surface area is 235 Å². The number of aryl methyl sites for hydroxylation is 1. The lowest BCUT2D eigenvalue weighted by Gasteiger charge is -2.39. The Morgan fingerprint density at radius 1 is 0.850 bits per heavy atom. The van der Waals surface area contributed by atoms with Gasteiger partial charge in [0.2, 0.25) is 5.75 Å². The van der Waals surface area contributed by atoms with Gasteiger partial charge in [-0.25, -0.2) is 4.79 Å². The minimum absolute atomic E-state index is 0.0964. The minimum atomic E-state index is -0.908. The number of β-amino-alcohol motifs (C(OH)–C–C–N with tert-alkyl or cyclic N) is 1. The first-order valence-electron chi connectivity index (χ1n) is 13.2. The molecule has 3 aromatic carbocycles. The zero-order chi connectivity index (χ0) is 28.6. The summed E-state index contributed by atoms with van der Waals surface area (Å²) in [6.07, 6.45) is -0.265. The maximum absolute atomic E-state index is 13.1. The third kappa shape index (κ3) is 6.20. The molecule has 4 rings (SSSR count). The van der Waals surface area contributed by atoms with Crippen LogP contribution in [0.2, 0.25) is 0 Å². The second kappa shape index (κ2) is 13.3. The average Bonchev–Trinajstić information content (AvgIpc) is 2.98. The summed E-state index contributed by atoms with van der Waals surface area (Å²) >= 11 is 0. The summed E-state index contributed by atoms with van der Waals surface area (Å²) in [6, 6.07) is 16.9. The zero-order valence-corrected chi connectivity index (χ0v) is 23.6. The monoisotopic (exact) mass is 551 g/mol. The molecule has 0 fully saturated rings. The number of benzene rings is 3. The molecule has 0 unspecified atom stereocenters. The highest BCUT2D eigenvalue weighted by Crippen LogP contribution is 2.44. The maximum atomic E-state index is 13.1. The molecule has 0 radical (unpaired) electrons. The number of aliphatic hydroxyl groups excluding tert-OH is 1. The van der Waals surface area contributed by atoms with Crippen LogP contribution in [0.3, 0.4) is 0 Å². The molecular weight excluding hydrogens is 514 g/mol. The number of carbonyl (C=O) groups excluding carboxylic acids is 1. The molecule has 0 saturated carbocycles. The molecule has 9 nitrogen and oxygen atoms in total. The number of aliphatic hydroxyl groups is 1. The number of hydrogen-bond acceptors (Lipinski definition) is 8. The number of methoxy groups -OCH3 is 4. The molecule has 1 aliphatic rings. The third-order valence-electron chi connectivity index (χ3n) is 7.00. The second-order valence-corrected chi connectivity index (χ2v) is 9.36. The van der Waals surface area contributed by atoms with Gasteiger partial charge in [0.15, 0.2) is 23.0 Å². The van der Waals surface area contributed by atoms with E-state index in [2.05, 4.69) is 0 Å². The van der Waals surface area contributed by atoms with Crippen molar-refractivity contribution in [2.24, 2.45) is 0 Å². The molecule has 214 valence electrons. The van der Waals surface area contributed by atoms with Gasteiger partial charge in [-0.2, -0.15) is 0 Å². The lowest BCUT2D eigenvalue weighted by molar-refractivity contribution is 0.0426. The van der Waals surface area contributed by atoms with E-state index in [1.165, 1.54) is 0 Å². The Hall–Kier alpha value is -4.11. The summed E-state index contributed by atoms with van der Waals surface area (Å²) < 4.78 is 33.7. The van der Waals surface area contributed by atoms with Gasteiger partial charge in [0.1, 0.15) is 6.61 Å². The number of nitrogens with zero attached hydrogens (tertiary/aromatic N) is 1. The first kappa shape index (κ1) is 28.9. The van der Waals surface area contributed by atoms with Crippen molar-refractivity contribution in [3.63, 3.8) is 0 Å². The normalized spacial score (nSPS) is 16.1. The van der Waals surface area contributed by atoms with Crippen LogP contribution in [-0.4, -0.2) is 57.7 Å². The summed E-state index contributed by atoms with van der Waals surface area (Å²) in [6.45, 7) is 2.43. The summed E-state index contributed by atoms with van der Waals surface area (Å²) in [5.74, 6) is 2.67. The van der Waals surface area contributed by atoms with Crippen LogP contribution in [0.25, 0.3) is 0 Å². The molecule has 0 bridgehead atoms. The van der Waals surface area contributed by atoms with Crippen LogP contribution in [0.4, 0.5) is 4.79 Å². The number of carbonyl (C=O) groups is 1. The topological polar surface area (TPSA) is 95.9 Å². The first-order chi connectivity index (χ1) is 19.4. The molecule has 9 heteroatoms. The van der Waals surface area contributed by atoms with Crippen LogP contribution < -0.4 is 23.7 Å². The van der Waals surface area contributed by atoms with Crippen LogP contribution in [0, 0.1) is 0 Å². The Balaban J connectivity index is 1.70. The molecule has 1 aliphatic heterocycles. The van der Waals surface area contributed by atoms with Gasteiger partial charge in [0.05, 0.1) is 53.7 Å². The largest absolute Gasteiger partial charge is 0.493 e. The summed E-state index contributed by atoms with van der Waals surface area (Å²) in [4.78, 5) is 14.6. The van der Waals surface area contributed by atoms with E-state index < -0.39 is 12.2 Å². The van der Waals surface area contributed by atoms with Crippen LogP contribution in [0.1, 0.15) is 47.7 Å². The molecule has 0 aromatic heterocycles. The highest BCUT2D eigenvalue weighted by Gasteiger charge is 2.37. The van der Waals surface area contributed by atoms with Crippen LogP contribution in [-0.2, 0) is 17.8 Å². The summed E-state index contributed by atoms with van der Waals surface area (Å²) in [5.41, 5.74) is 3.43. The molecular formula is C31H37NO8. The predicted octanol–water partition coefficient (Wildman–Crippen LogP) is 5.48. The summed E-state index contributed by atoms with van der Waals surface area (Å²) in [5, 5.41) is 11.1. The fourth-order valence-corrected chi connectivity index (χ4v) is 5.06. The Morgan fingerprint density at radius 3 is 2.10 bits per heavy atom. The van der Waals surface area contributed by atoms with Crippen molar-refractivity contribution in [3.05, 3.63) is 76.9 Å². The highest BCUT2D eigenvalue weighted by molar-refractivity contribution is 5.69. The van der Waals surface area contributed by atoms with Crippen molar-refractivity contribution >= 4 is 6.09 Å². The number of fused-ring (bicyclic) bond motifs is 1. The Bertz CT molecular complexity index is 1270. The molecule has 0 saturated heterocycles. The molecule has 40 heavy (non-hydrogen) atoms. The van der Waals surface area contributed by atoms with E-state index in [4.69, 9.17) is 28.4 Å². The van der Waals surface area contributed by atoms with Gasteiger partial charge in [-0.1, -0.05) is 30.3 Å². The van der Waals surface area contributed by atoms with Gasteiger partial charge in [0, 0.05) is 0 Å². The van der Waals surface area contributed by atoms with Crippen LogP contribution in [0.5, 0.6) is 28.7 Å². The number of hydrogen-bond donors (Lipinski definition) is 1. The van der Waals surface area contributed by atoms with E-state index in [1.807, 2.05) is 48.5 Å². The smallest absolute Gasteiger partial charge is 0.410 e. The lowest BCUT2D eigenvalue weighted by atomic mass is 9.87. The fourth-order valence-electron chi connectivity index (χ4n) is 5.06. The number of rotatable bonds is 11. The zero-order valence-electron chi connectivity index (χ0n) is 23.6. The first-order valence-corrected chi connectivity index (χ1v) is 13.2. The van der Waals surface area contributed by atoms with Gasteiger partial charge in [0.25, 0.3) is 0 Å². The van der Waals surface area contributed by atoms with Gasteiger partial charge in [-0.05, 0) is 66.3 Å². The third-order valence-corrected chi connectivity index (χ3v) is 7.00. The van der Waals surface area contributed by atoms with Gasteiger partial charge in [-0.3, -0.25) is 4.90 Å². The van der Waals surface area contributed by atoms with Gasteiger partial charge in [-0.15, -0.1) is 0 Å². The van der Waals surface area contributed by atoms with Crippen LogP contribution >= 0.6 is 0 Å². The van der Waals surface area contributed by atoms with Crippen molar-refractivity contribution in [3.8, 4) is 28.7 Å². The Kier molecular flexibility index (Phi) is 9.60. The van der Waals surface area contributed by atoms with Crippen molar-refractivity contribution in [2.75, 3.05) is 41.6 Å². The van der Waals surface area contributed by atoms with E-state index in [0.717, 1.165) is 16.7 Å². The van der Waals surface area contributed by atoms with E-state index >= 15 is 0 Å². The Morgan fingerprint density at radius 2 is 1.50 bits per heavy atom. The van der Waals surface area contributed by atoms with E-state index in [1.54, 1.807) is 46.3 Å².